The van der Waals surface area contributed by atoms with Gasteiger partial charge in [-0.15, -0.1) is 0 Å². The number of nitrogens with one attached hydrogen (secondary N) is 1. The molecule has 0 aromatic heterocycles. The van der Waals surface area contributed by atoms with E-state index in [1.807, 2.05) is 81.4 Å². The summed E-state index contributed by atoms with van der Waals surface area (Å²) in [5.74, 6) is -0.797. The highest BCUT2D eigenvalue weighted by Gasteiger charge is 2.35. The molecule has 236 valence electrons. The Kier molecular flexibility index (Phi) is 11.4. The Hall–Kier alpha value is -4.14. The zero-order valence-corrected chi connectivity index (χ0v) is 27.7. The Morgan fingerprint density at radius 1 is 0.844 bits per heavy atom. The first kappa shape index (κ1) is 33.7. The Balaban J connectivity index is 1.82. The highest BCUT2D eigenvalue weighted by atomic mass is 35.5. The van der Waals surface area contributed by atoms with Crippen LogP contribution in [0.25, 0.3) is 0 Å². The third-order valence-corrected chi connectivity index (χ3v) is 9.80. The maximum Gasteiger partial charge on any atom is 0.264 e. The number of sulfonamides is 1. The number of carbonyl (C=O) groups is 2. The molecule has 9 heteroatoms. The van der Waals surface area contributed by atoms with Crippen LogP contribution in [-0.2, 0) is 32.6 Å². The fourth-order valence-corrected chi connectivity index (χ4v) is 6.70. The number of aryl methyl sites for hydroxylation is 2. The zero-order valence-electron chi connectivity index (χ0n) is 26.1. The first-order chi connectivity index (χ1) is 21.5. The van der Waals surface area contributed by atoms with Gasteiger partial charge in [-0.25, -0.2) is 8.42 Å². The summed E-state index contributed by atoms with van der Waals surface area (Å²) in [5.41, 5.74) is 3.79. The molecule has 0 fully saturated rings. The summed E-state index contributed by atoms with van der Waals surface area (Å²) in [5, 5.41) is 3.46. The number of amides is 2. The van der Waals surface area contributed by atoms with Gasteiger partial charge in [0, 0.05) is 24.0 Å². The molecule has 0 heterocycles. The number of rotatable bonds is 13. The van der Waals surface area contributed by atoms with E-state index in [-0.39, 0.29) is 29.8 Å². The van der Waals surface area contributed by atoms with Gasteiger partial charge in [0.25, 0.3) is 10.0 Å². The van der Waals surface area contributed by atoms with Crippen molar-refractivity contribution < 1.29 is 18.0 Å². The van der Waals surface area contributed by atoms with Crippen molar-refractivity contribution in [1.82, 2.24) is 10.2 Å². The van der Waals surface area contributed by atoms with Crippen LogP contribution in [0.1, 0.15) is 42.5 Å². The molecule has 2 amide bonds. The molecule has 0 aliphatic carbocycles. The molecule has 0 saturated heterocycles. The standard InChI is InChI=1S/C36H40ClN3O4S/c1-5-28(4)38-36(42)34(23-29-14-7-6-8-15-29)39(24-30-16-11-12-26(2)22-30)35(41)25-40(33-17-10-9-13-27(33)3)45(43,44)32-20-18-31(37)19-21-32/h6-22,28,34H,5,23-25H2,1-4H3,(H,38,42). The topological polar surface area (TPSA) is 86.8 Å². The highest BCUT2D eigenvalue weighted by molar-refractivity contribution is 7.92. The summed E-state index contributed by atoms with van der Waals surface area (Å²) in [7, 11) is -4.20. The van der Waals surface area contributed by atoms with Crippen LogP contribution in [0.5, 0.6) is 0 Å². The van der Waals surface area contributed by atoms with Crippen LogP contribution in [0.4, 0.5) is 5.69 Å². The largest absolute Gasteiger partial charge is 0.352 e. The van der Waals surface area contributed by atoms with Crippen molar-refractivity contribution in [2.75, 3.05) is 10.8 Å². The summed E-state index contributed by atoms with van der Waals surface area (Å²) in [6.45, 7) is 7.27. The van der Waals surface area contributed by atoms with Crippen LogP contribution in [0.3, 0.4) is 0 Å². The van der Waals surface area contributed by atoms with Gasteiger partial charge in [-0.2, -0.15) is 0 Å². The van der Waals surface area contributed by atoms with Gasteiger partial charge in [0.1, 0.15) is 12.6 Å². The van der Waals surface area contributed by atoms with Crippen LogP contribution in [0, 0.1) is 13.8 Å². The van der Waals surface area contributed by atoms with Crippen LogP contribution in [0.15, 0.2) is 108 Å². The van der Waals surface area contributed by atoms with E-state index in [1.54, 1.807) is 25.1 Å². The lowest BCUT2D eigenvalue weighted by atomic mass is 10.0. The minimum atomic E-state index is -4.20. The van der Waals surface area contributed by atoms with Crippen LogP contribution in [-0.4, -0.2) is 43.8 Å². The van der Waals surface area contributed by atoms with Gasteiger partial charge >= 0.3 is 0 Å². The van der Waals surface area contributed by atoms with E-state index in [9.17, 15) is 18.0 Å². The monoisotopic (exact) mass is 645 g/mol. The predicted octanol–water partition coefficient (Wildman–Crippen LogP) is 6.71. The molecule has 4 aromatic rings. The molecule has 0 aliphatic heterocycles. The van der Waals surface area contributed by atoms with E-state index in [0.717, 1.165) is 27.4 Å². The van der Waals surface area contributed by atoms with Crippen LogP contribution < -0.4 is 9.62 Å². The SMILES string of the molecule is CCC(C)NC(=O)C(Cc1ccccc1)N(Cc1cccc(C)c1)C(=O)CN(c1ccccc1C)S(=O)(=O)c1ccc(Cl)cc1. The van der Waals surface area contributed by atoms with Gasteiger partial charge in [0.2, 0.25) is 11.8 Å². The van der Waals surface area contributed by atoms with Crippen molar-refractivity contribution in [3.8, 4) is 0 Å². The first-order valence-electron chi connectivity index (χ1n) is 15.0. The molecule has 4 aromatic carbocycles. The van der Waals surface area contributed by atoms with Gasteiger partial charge < -0.3 is 10.2 Å². The number of hydrogen-bond donors (Lipinski definition) is 1. The molecule has 4 rings (SSSR count). The van der Waals surface area contributed by atoms with Gasteiger partial charge in [-0.3, -0.25) is 13.9 Å². The number of hydrogen-bond acceptors (Lipinski definition) is 4. The normalized spacial score (nSPS) is 12.6. The van der Waals surface area contributed by atoms with E-state index >= 15 is 0 Å². The van der Waals surface area contributed by atoms with Gasteiger partial charge in [-0.05, 0) is 74.2 Å². The lowest BCUT2D eigenvalue weighted by Crippen LogP contribution is -2.54. The third-order valence-electron chi connectivity index (χ3n) is 7.77. The number of para-hydroxylation sites is 1. The number of nitrogens with zero attached hydrogens (tertiary/aromatic N) is 2. The predicted molar refractivity (Wildman–Crippen MR) is 181 cm³/mol. The van der Waals surface area contributed by atoms with Gasteiger partial charge in [0.15, 0.2) is 0 Å². The number of halogens is 1. The van der Waals surface area contributed by atoms with E-state index in [2.05, 4.69) is 5.32 Å². The molecule has 0 aliphatic rings. The summed E-state index contributed by atoms with van der Waals surface area (Å²) < 4.78 is 29.5. The number of anilines is 1. The minimum Gasteiger partial charge on any atom is -0.352 e. The molecular formula is C36H40ClN3O4S. The minimum absolute atomic E-state index is 0.00327. The van der Waals surface area contributed by atoms with Gasteiger partial charge in [-0.1, -0.05) is 96.9 Å². The van der Waals surface area contributed by atoms with Crippen molar-refractivity contribution in [1.29, 1.82) is 0 Å². The molecular weight excluding hydrogens is 606 g/mol. The molecule has 7 nitrogen and oxygen atoms in total. The Morgan fingerprint density at radius 2 is 1.49 bits per heavy atom. The van der Waals surface area contributed by atoms with Gasteiger partial charge in [0.05, 0.1) is 10.6 Å². The average molecular weight is 646 g/mol. The fraction of sp³-hybridized carbons (Fsp3) is 0.278. The molecule has 0 bridgehead atoms. The lowest BCUT2D eigenvalue weighted by Gasteiger charge is -2.34. The number of carbonyl (C=O) groups excluding carboxylic acids is 2. The zero-order chi connectivity index (χ0) is 32.6. The smallest absolute Gasteiger partial charge is 0.264 e. The highest BCUT2D eigenvalue weighted by Crippen LogP contribution is 2.28. The third kappa shape index (κ3) is 8.74. The Morgan fingerprint density at radius 3 is 2.13 bits per heavy atom. The summed E-state index contributed by atoms with van der Waals surface area (Å²) >= 11 is 6.07. The van der Waals surface area contributed by atoms with Crippen molar-refractivity contribution in [3.63, 3.8) is 0 Å². The maximum absolute atomic E-state index is 14.6. The fourth-order valence-electron chi connectivity index (χ4n) is 5.09. The van der Waals surface area contributed by atoms with Crippen molar-refractivity contribution >= 4 is 39.1 Å². The molecule has 0 radical (unpaired) electrons. The summed E-state index contributed by atoms with van der Waals surface area (Å²) in [4.78, 5) is 30.0. The molecule has 2 unspecified atom stereocenters. The molecule has 45 heavy (non-hydrogen) atoms. The second kappa shape index (κ2) is 15.2. The Bertz CT molecular complexity index is 1710. The maximum atomic E-state index is 14.6. The van der Waals surface area contributed by atoms with E-state index < -0.39 is 28.5 Å². The molecule has 0 saturated carbocycles. The van der Waals surface area contributed by atoms with Crippen LogP contribution in [0.2, 0.25) is 5.02 Å². The van der Waals surface area contributed by atoms with Crippen LogP contribution >= 0.6 is 11.6 Å². The Labute approximate surface area is 271 Å². The van der Waals surface area contributed by atoms with Crippen molar-refractivity contribution in [2.24, 2.45) is 0 Å². The lowest BCUT2D eigenvalue weighted by molar-refractivity contribution is -0.140. The van der Waals surface area contributed by atoms with E-state index in [0.29, 0.717) is 16.3 Å². The molecule has 0 spiro atoms. The molecule has 1 N–H and O–H groups in total. The second-order valence-electron chi connectivity index (χ2n) is 11.3. The number of benzene rings is 4. The second-order valence-corrected chi connectivity index (χ2v) is 13.6. The first-order valence-corrected chi connectivity index (χ1v) is 16.8. The van der Waals surface area contributed by atoms with E-state index in [1.165, 1.54) is 29.2 Å². The molecule has 2 atom stereocenters. The van der Waals surface area contributed by atoms with E-state index in [4.69, 9.17) is 11.6 Å². The average Bonchev–Trinajstić information content (AvgIpc) is 3.02. The quantitative estimate of drug-likeness (QED) is 0.175. The van der Waals surface area contributed by atoms with Crippen molar-refractivity contribution in [3.05, 3.63) is 130 Å². The summed E-state index contributed by atoms with van der Waals surface area (Å²) in [6.07, 6.45) is 0.977. The van der Waals surface area contributed by atoms with Crippen molar-refractivity contribution in [2.45, 2.75) is 64.1 Å². The summed E-state index contributed by atoms with van der Waals surface area (Å²) in [6, 6.07) is 29.1.